The third-order valence-electron chi connectivity index (χ3n) is 8.30. The molecule has 5 aromatic carbocycles. The molecule has 1 nitrogen and oxygen atoms in total. The molecule has 1 heteroatoms. The third kappa shape index (κ3) is 4.38. The van der Waals surface area contributed by atoms with Crippen LogP contribution in [0.5, 0.6) is 0 Å². The van der Waals surface area contributed by atoms with Crippen LogP contribution in [0.3, 0.4) is 0 Å². The molecule has 45 heavy (non-hydrogen) atoms. The molecule has 3 atom stereocenters. The Balaban J connectivity index is 1.77. The van der Waals surface area contributed by atoms with Gasteiger partial charge in [-0.25, -0.2) is 0 Å². The highest BCUT2D eigenvalue weighted by molar-refractivity contribution is 6.12. The van der Waals surface area contributed by atoms with Crippen LogP contribution in [0.2, 0.25) is 0 Å². The zero-order valence-corrected chi connectivity index (χ0v) is 23.8. The van der Waals surface area contributed by atoms with Crippen LogP contribution in [-0.4, -0.2) is 0 Å². The summed E-state index contributed by atoms with van der Waals surface area (Å²) in [5, 5.41) is 0.502. The summed E-state index contributed by atoms with van der Waals surface area (Å²) in [6, 6.07) is 6.69. The summed E-state index contributed by atoms with van der Waals surface area (Å²) in [6.45, 7) is 1.27. The van der Waals surface area contributed by atoms with Gasteiger partial charge in [0, 0.05) is 19.3 Å². The Morgan fingerprint density at radius 2 is 1.53 bits per heavy atom. The number of fused-ring (bicyclic) bond motifs is 4. The molecule has 216 valence electrons. The molecule has 0 N–H and O–H groups in total. The summed E-state index contributed by atoms with van der Waals surface area (Å²) in [5.74, 6) is -0.609. The highest BCUT2D eigenvalue weighted by Gasteiger charge is 2.30. The average Bonchev–Trinajstić information content (AvgIpc) is 3.67. The average molecular weight is 596 g/mol. The number of allylic oxidation sites excluding steroid dienone is 4. The van der Waals surface area contributed by atoms with Crippen LogP contribution in [0.25, 0.3) is 56.6 Å². The van der Waals surface area contributed by atoms with Gasteiger partial charge in [0.05, 0.1) is 20.6 Å². The largest absolute Gasteiger partial charge is 0.456 e. The van der Waals surface area contributed by atoms with Crippen LogP contribution in [0.1, 0.15) is 81.8 Å². The van der Waals surface area contributed by atoms with Crippen molar-refractivity contribution in [3.63, 3.8) is 0 Å². The predicted molar refractivity (Wildman–Crippen MR) is 192 cm³/mol. The molecule has 3 unspecified atom stereocenters. The number of rotatable bonds is 6. The van der Waals surface area contributed by atoms with Crippen LogP contribution in [0, 0.1) is 0 Å². The first-order chi connectivity index (χ1) is 29.5. The van der Waals surface area contributed by atoms with E-state index in [2.05, 4.69) is 0 Å². The van der Waals surface area contributed by atoms with E-state index in [0.717, 1.165) is 5.56 Å². The Hall–Kier alpha value is -5.40. The Labute approximate surface area is 288 Å². The lowest BCUT2D eigenvalue weighted by molar-refractivity contribution is 0.569. The lowest BCUT2D eigenvalue weighted by atomic mass is 9.74. The summed E-state index contributed by atoms with van der Waals surface area (Å²) in [4.78, 5) is 0. The summed E-state index contributed by atoms with van der Waals surface area (Å²) < 4.78 is 159. The molecule has 0 radical (unpaired) electrons. The van der Waals surface area contributed by atoms with Gasteiger partial charge in [-0.1, -0.05) is 140 Å². The Morgan fingerprint density at radius 3 is 2.33 bits per heavy atom. The topological polar surface area (TPSA) is 13.1 Å². The van der Waals surface area contributed by atoms with Crippen molar-refractivity contribution in [2.45, 2.75) is 25.1 Å². The number of benzene rings is 5. The summed E-state index contributed by atoms with van der Waals surface area (Å²) in [5.41, 5.74) is -0.793. The quantitative estimate of drug-likeness (QED) is 0.187. The van der Waals surface area contributed by atoms with Crippen molar-refractivity contribution in [1.82, 2.24) is 0 Å². The van der Waals surface area contributed by atoms with Crippen molar-refractivity contribution < 1.29 is 27.7 Å². The molecule has 0 fully saturated rings. The molecule has 0 aliphatic heterocycles. The summed E-state index contributed by atoms with van der Waals surface area (Å²) in [6.07, 6.45) is -1.65. The highest BCUT2D eigenvalue weighted by Crippen LogP contribution is 2.47. The third-order valence-corrected chi connectivity index (χ3v) is 8.30. The molecule has 1 aromatic heterocycles. The molecule has 6 aromatic rings. The lowest BCUT2D eigenvalue weighted by Crippen LogP contribution is -2.30. The molecule has 8 rings (SSSR count). The Kier molecular flexibility index (Phi) is 3.65. The molecule has 0 saturated carbocycles. The van der Waals surface area contributed by atoms with Crippen molar-refractivity contribution in [3.05, 3.63) is 178 Å². The SMILES string of the molecule is [2H]C=C([2H])c1c(C([2H])=C[2H])c(C2=c3c(oc4ccccc34)=CCC2c2ccccc2)c2c([2H])c([2H])c([2H])c([2H])c2c1C1=C(c2c([2H])c([2H])c([2H])c([2H])c2[2H])C([2H])=C([2H])C([2H])C1[2H]. The van der Waals surface area contributed by atoms with Crippen molar-refractivity contribution in [2.75, 3.05) is 0 Å². The predicted octanol–water partition coefficient (Wildman–Crippen LogP) is 10.3. The lowest BCUT2D eigenvalue weighted by Gasteiger charge is -2.29. The second kappa shape index (κ2) is 11.3. The minimum Gasteiger partial charge on any atom is -0.456 e. The van der Waals surface area contributed by atoms with Gasteiger partial charge in [0.1, 0.15) is 11.0 Å². The zero-order chi connectivity index (χ0) is 44.8. The Morgan fingerprint density at radius 1 is 0.822 bits per heavy atom. The summed E-state index contributed by atoms with van der Waals surface area (Å²) in [7, 11) is 0. The number of para-hydroxylation sites is 1. The maximum absolute atomic E-state index is 9.65. The van der Waals surface area contributed by atoms with Crippen LogP contribution >= 0.6 is 0 Å². The normalized spacial score (nSPS) is 26.1. The van der Waals surface area contributed by atoms with Crippen molar-refractivity contribution in [2.24, 2.45) is 0 Å². The van der Waals surface area contributed by atoms with Gasteiger partial charge in [-0.15, -0.1) is 0 Å². The van der Waals surface area contributed by atoms with Crippen LogP contribution in [0.4, 0.5) is 0 Å². The molecule has 2 aliphatic rings. The van der Waals surface area contributed by atoms with E-state index in [1.807, 2.05) is 42.5 Å². The second-order valence-electron chi connectivity index (χ2n) is 10.6. The van der Waals surface area contributed by atoms with Gasteiger partial charge < -0.3 is 4.42 Å². The van der Waals surface area contributed by atoms with E-state index < -0.39 is 125 Å². The first kappa shape index (κ1) is 14.6. The van der Waals surface area contributed by atoms with Gasteiger partial charge in [0.25, 0.3) is 0 Å². The molecule has 0 saturated heterocycles. The molecule has 0 amide bonds. The monoisotopic (exact) mass is 595 g/mol. The smallest absolute Gasteiger partial charge is 0.135 e. The fourth-order valence-corrected chi connectivity index (χ4v) is 6.48. The zero-order valence-electron chi connectivity index (χ0n) is 40.8. The van der Waals surface area contributed by atoms with E-state index >= 15 is 0 Å². The number of hydrogen-bond acceptors (Lipinski definition) is 1. The standard InChI is InChI=1S/C44H34O/c1-3-31-32(4-2)42(37-24-14-13-23-36(37)41(31)35-22-12-11-21-33(35)29-17-7-5-8-18-29)44-34(30-19-9-6-10-20-30)27-28-40-43(44)38-25-15-16-26-39(38)45-40/h3-11,13-21,23-26,28,34H,1-2,12,22,27H2/i1D,2D,3D,4D,5D,7D,8D,11D,12D,13D,14D,17D,18D,21D,22D,23D,24D. The molecular weight excluding hydrogens is 544 g/mol. The minimum atomic E-state index is -1.96. The minimum absolute atomic E-state index is 0.00634. The second-order valence-corrected chi connectivity index (χ2v) is 10.6. The van der Waals surface area contributed by atoms with Gasteiger partial charge >= 0.3 is 0 Å². The molecule has 0 bridgehead atoms. The molecular formula is C44H34O. The molecule has 1 heterocycles. The van der Waals surface area contributed by atoms with Gasteiger partial charge in [-0.05, 0) is 92.2 Å². The van der Waals surface area contributed by atoms with Crippen LogP contribution in [0.15, 0.2) is 139 Å². The van der Waals surface area contributed by atoms with E-state index in [1.165, 1.54) is 0 Å². The fourth-order valence-electron chi connectivity index (χ4n) is 6.48. The highest BCUT2D eigenvalue weighted by atomic mass is 16.3. The first-order valence-corrected chi connectivity index (χ1v) is 14.3. The molecule has 2 aliphatic carbocycles. The van der Waals surface area contributed by atoms with Crippen LogP contribution < -0.4 is 10.6 Å². The Bertz CT molecular complexity index is 3170. The van der Waals surface area contributed by atoms with Gasteiger partial charge in [0.15, 0.2) is 0 Å². The van der Waals surface area contributed by atoms with E-state index in [9.17, 15) is 8.22 Å². The van der Waals surface area contributed by atoms with E-state index in [-0.39, 0.29) is 28.3 Å². The van der Waals surface area contributed by atoms with Crippen LogP contribution in [-0.2, 0) is 0 Å². The van der Waals surface area contributed by atoms with E-state index in [4.69, 9.17) is 19.5 Å². The number of furan rings is 1. The maximum atomic E-state index is 9.65. The van der Waals surface area contributed by atoms with Gasteiger partial charge in [-0.2, -0.15) is 0 Å². The first-order valence-electron chi connectivity index (χ1n) is 23.1. The van der Waals surface area contributed by atoms with Crippen molar-refractivity contribution in [3.8, 4) is 0 Å². The fraction of sp³-hybridized carbons (Fsp3) is 0.0909. The van der Waals surface area contributed by atoms with Gasteiger partial charge in [-0.3, -0.25) is 0 Å². The van der Waals surface area contributed by atoms with Crippen molar-refractivity contribution >= 4 is 56.6 Å². The molecule has 0 spiro atoms. The maximum Gasteiger partial charge on any atom is 0.135 e. The van der Waals surface area contributed by atoms with E-state index in [0.29, 0.717) is 40.3 Å². The number of hydrogen-bond donors (Lipinski definition) is 0. The summed E-state index contributed by atoms with van der Waals surface area (Å²) >= 11 is 0. The van der Waals surface area contributed by atoms with E-state index in [1.54, 1.807) is 18.2 Å². The van der Waals surface area contributed by atoms with Crippen molar-refractivity contribution in [1.29, 1.82) is 0 Å². The van der Waals surface area contributed by atoms with Gasteiger partial charge in [0.2, 0.25) is 0 Å².